The van der Waals surface area contributed by atoms with E-state index in [1.54, 1.807) is 18.3 Å². The minimum atomic E-state index is -0.0650. The van der Waals surface area contributed by atoms with Crippen LogP contribution in [0.25, 0.3) is 10.2 Å². The van der Waals surface area contributed by atoms with Crippen LogP contribution in [-0.2, 0) is 16.1 Å². The van der Waals surface area contributed by atoms with Gasteiger partial charge in [-0.1, -0.05) is 11.3 Å². The number of rotatable bonds is 7. The molecule has 3 aromatic rings. The van der Waals surface area contributed by atoms with Crippen molar-refractivity contribution in [3.05, 3.63) is 30.9 Å². The van der Waals surface area contributed by atoms with E-state index in [2.05, 4.69) is 20.0 Å². The molecule has 0 radical (unpaired) electrons. The van der Waals surface area contributed by atoms with Gasteiger partial charge in [-0.25, -0.2) is 14.6 Å². The summed E-state index contributed by atoms with van der Waals surface area (Å²) in [6.07, 6.45) is 2.97. The normalized spacial score (nSPS) is 15.0. The Morgan fingerprint density at radius 1 is 1.36 bits per heavy atom. The number of hydrogen-bond acceptors (Lipinski definition) is 8. The fourth-order valence-electron chi connectivity index (χ4n) is 3.07. The van der Waals surface area contributed by atoms with Gasteiger partial charge in [-0.3, -0.25) is 14.6 Å². The molecule has 4 rings (SSSR count). The van der Waals surface area contributed by atoms with E-state index in [9.17, 15) is 4.79 Å². The maximum atomic E-state index is 13.0. The number of aromatic nitrogens is 4. The fraction of sp³-hybridized carbons (Fsp3) is 0.444. The Labute approximate surface area is 166 Å². The molecule has 2 aromatic heterocycles. The molecule has 148 valence electrons. The molecule has 1 aliphatic rings. The number of hydrogen-bond donors (Lipinski definition) is 0. The van der Waals surface area contributed by atoms with Gasteiger partial charge in [0, 0.05) is 26.2 Å². The monoisotopic (exact) mass is 402 g/mol. The summed E-state index contributed by atoms with van der Waals surface area (Å²) in [7, 11) is 1.64. The Morgan fingerprint density at radius 3 is 2.96 bits per heavy atom. The van der Waals surface area contributed by atoms with Gasteiger partial charge >= 0.3 is 0 Å². The van der Waals surface area contributed by atoms with Crippen molar-refractivity contribution in [2.45, 2.75) is 6.54 Å². The third-order valence-corrected chi connectivity index (χ3v) is 5.66. The zero-order chi connectivity index (χ0) is 19.3. The second-order valence-corrected chi connectivity index (χ2v) is 7.43. The first-order valence-electron chi connectivity index (χ1n) is 9.10. The standard InChI is InChI=1S/C18H22N6O3S/c1-26-14-2-3-15-16(10-14)28-18(21-15)24(5-4-22-6-8-27-9-7-22)17(25)11-23-13-19-12-20-23/h2-3,10,12-13H,4-9,11H2,1H3. The molecule has 9 nitrogen and oxygen atoms in total. The van der Waals surface area contributed by atoms with E-state index in [1.807, 2.05) is 18.2 Å². The largest absolute Gasteiger partial charge is 0.497 e. The van der Waals surface area contributed by atoms with Crippen molar-refractivity contribution >= 4 is 32.6 Å². The molecule has 0 N–H and O–H groups in total. The van der Waals surface area contributed by atoms with Crippen LogP contribution >= 0.6 is 11.3 Å². The van der Waals surface area contributed by atoms with Crippen LogP contribution in [0.15, 0.2) is 30.9 Å². The molecule has 10 heteroatoms. The number of ether oxygens (including phenoxy) is 2. The molecule has 1 amide bonds. The number of carbonyl (C=O) groups excluding carboxylic acids is 1. The van der Waals surface area contributed by atoms with Crippen LogP contribution in [0, 0.1) is 0 Å². The lowest BCUT2D eigenvalue weighted by Crippen LogP contribution is -2.44. The van der Waals surface area contributed by atoms with E-state index in [-0.39, 0.29) is 12.5 Å². The number of amides is 1. The second-order valence-electron chi connectivity index (χ2n) is 6.42. The van der Waals surface area contributed by atoms with Gasteiger partial charge < -0.3 is 9.47 Å². The Balaban J connectivity index is 1.56. The van der Waals surface area contributed by atoms with E-state index in [0.717, 1.165) is 48.8 Å². The van der Waals surface area contributed by atoms with Crippen LogP contribution < -0.4 is 9.64 Å². The summed E-state index contributed by atoms with van der Waals surface area (Å²) in [5, 5.41) is 4.73. The van der Waals surface area contributed by atoms with Crippen LogP contribution in [0.5, 0.6) is 5.75 Å². The fourth-order valence-corrected chi connectivity index (χ4v) is 4.10. The third kappa shape index (κ3) is 4.29. The summed E-state index contributed by atoms with van der Waals surface area (Å²) in [6, 6.07) is 5.73. The van der Waals surface area contributed by atoms with Gasteiger partial charge in [0.2, 0.25) is 0 Å². The first-order chi connectivity index (χ1) is 13.7. The Kier molecular flexibility index (Phi) is 5.79. The number of nitrogens with zero attached hydrogens (tertiary/aromatic N) is 6. The first kappa shape index (κ1) is 18.8. The van der Waals surface area contributed by atoms with Gasteiger partial charge in [-0.2, -0.15) is 5.10 Å². The average molecular weight is 402 g/mol. The lowest BCUT2D eigenvalue weighted by atomic mass is 10.3. The Morgan fingerprint density at radius 2 is 2.21 bits per heavy atom. The molecule has 3 heterocycles. The molecule has 1 fully saturated rings. The number of morpholine rings is 1. The molecule has 0 atom stereocenters. The van der Waals surface area contributed by atoms with Crippen LogP contribution in [0.2, 0.25) is 0 Å². The van der Waals surface area contributed by atoms with Crippen molar-refractivity contribution in [1.82, 2.24) is 24.6 Å². The summed E-state index contributed by atoms with van der Waals surface area (Å²) in [5.74, 6) is 0.710. The minimum Gasteiger partial charge on any atom is -0.497 e. The number of methoxy groups -OCH3 is 1. The second kappa shape index (κ2) is 8.63. The summed E-state index contributed by atoms with van der Waals surface area (Å²) in [4.78, 5) is 25.7. The van der Waals surface area contributed by atoms with Gasteiger partial charge in [0.25, 0.3) is 5.91 Å². The van der Waals surface area contributed by atoms with Crippen LogP contribution in [0.3, 0.4) is 0 Å². The molecule has 28 heavy (non-hydrogen) atoms. The topological polar surface area (TPSA) is 85.6 Å². The Bertz CT molecular complexity index is 923. The molecule has 0 spiro atoms. The summed E-state index contributed by atoms with van der Waals surface area (Å²) in [6.45, 7) is 4.67. The van der Waals surface area contributed by atoms with Crippen LogP contribution in [-0.4, -0.2) is 77.1 Å². The average Bonchev–Trinajstić information content (AvgIpc) is 3.37. The van der Waals surface area contributed by atoms with E-state index >= 15 is 0 Å². The highest BCUT2D eigenvalue weighted by molar-refractivity contribution is 7.22. The summed E-state index contributed by atoms with van der Waals surface area (Å²) >= 11 is 1.49. The smallest absolute Gasteiger partial charge is 0.250 e. The number of benzene rings is 1. The van der Waals surface area contributed by atoms with Gasteiger partial charge in [0.1, 0.15) is 24.9 Å². The predicted octanol–water partition coefficient (Wildman–Crippen LogP) is 1.26. The van der Waals surface area contributed by atoms with Crippen LogP contribution in [0.1, 0.15) is 0 Å². The lowest BCUT2D eigenvalue weighted by Gasteiger charge is -2.29. The maximum absolute atomic E-state index is 13.0. The summed E-state index contributed by atoms with van der Waals surface area (Å²) in [5.41, 5.74) is 0.853. The zero-order valence-electron chi connectivity index (χ0n) is 15.7. The predicted molar refractivity (Wildman–Crippen MR) is 106 cm³/mol. The molecular weight excluding hydrogens is 380 g/mol. The molecule has 0 unspecified atom stereocenters. The molecular formula is C18H22N6O3S. The molecule has 0 aliphatic carbocycles. The number of anilines is 1. The van der Waals surface area contributed by atoms with E-state index in [0.29, 0.717) is 11.7 Å². The SMILES string of the molecule is COc1ccc2nc(N(CCN3CCOCC3)C(=O)Cn3cncn3)sc2c1. The molecule has 1 aliphatic heterocycles. The number of fused-ring (bicyclic) bond motifs is 1. The van der Waals surface area contributed by atoms with Crippen molar-refractivity contribution < 1.29 is 14.3 Å². The van der Waals surface area contributed by atoms with Crippen molar-refractivity contribution in [3.63, 3.8) is 0 Å². The van der Waals surface area contributed by atoms with Crippen LogP contribution in [0.4, 0.5) is 5.13 Å². The minimum absolute atomic E-state index is 0.0650. The highest BCUT2D eigenvalue weighted by atomic mass is 32.1. The van der Waals surface area contributed by atoms with Gasteiger partial charge in [0.15, 0.2) is 5.13 Å². The molecule has 1 saturated heterocycles. The van der Waals surface area contributed by atoms with E-state index in [4.69, 9.17) is 9.47 Å². The highest BCUT2D eigenvalue weighted by Gasteiger charge is 2.22. The highest BCUT2D eigenvalue weighted by Crippen LogP contribution is 2.31. The lowest BCUT2D eigenvalue weighted by molar-refractivity contribution is -0.119. The molecule has 0 saturated carbocycles. The molecule has 0 bridgehead atoms. The number of thiazole rings is 1. The van der Waals surface area contributed by atoms with Crippen molar-refractivity contribution in [2.75, 3.05) is 51.4 Å². The van der Waals surface area contributed by atoms with E-state index in [1.165, 1.54) is 22.3 Å². The maximum Gasteiger partial charge on any atom is 0.250 e. The summed E-state index contributed by atoms with van der Waals surface area (Å²) < 4.78 is 13.2. The van der Waals surface area contributed by atoms with Gasteiger partial charge in [-0.15, -0.1) is 0 Å². The van der Waals surface area contributed by atoms with Crippen molar-refractivity contribution in [1.29, 1.82) is 0 Å². The quantitative estimate of drug-likeness (QED) is 0.588. The first-order valence-corrected chi connectivity index (χ1v) is 9.92. The van der Waals surface area contributed by atoms with Crippen molar-refractivity contribution in [3.8, 4) is 5.75 Å². The van der Waals surface area contributed by atoms with Gasteiger partial charge in [-0.05, 0) is 18.2 Å². The number of carbonyl (C=O) groups is 1. The van der Waals surface area contributed by atoms with Gasteiger partial charge in [0.05, 0.1) is 30.5 Å². The Hall–Kier alpha value is -2.56. The molecule has 1 aromatic carbocycles. The zero-order valence-corrected chi connectivity index (χ0v) is 16.5. The van der Waals surface area contributed by atoms with Crippen molar-refractivity contribution in [2.24, 2.45) is 0 Å². The third-order valence-electron chi connectivity index (χ3n) is 4.62. The van der Waals surface area contributed by atoms with E-state index < -0.39 is 0 Å².